The van der Waals surface area contributed by atoms with Crippen molar-refractivity contribution in [3.63, 3.8) is 0 Å². The summed E-state index contributed by atoms with van der Waals surface area (Å²) in [7, 11) is 0. The maximum absolute atomic E-state index is 13.2. The zero-order valence-corrected chi connectivity index (χ0v) is 11.2. The Morgan fingerprint density at radius 2 is 1.89 bits per heavy atom. The Hall–Kier alpha value is -1.58. The molecule has 0 heterocycles. The zero-order valence-electron chi connectivity index (χ0n) is 10.4. The van der Waals surface area contributed by atoms with Gasteiger partial charge in [0.05, 0.1) is 6.10 Å². The van der Waals surface area contributed by atoms with E-state index in [1.54, 1.807) is 19.1 Å². The van der Waals surface area contributed by atoms with Crippen LogP contribution in [0.15, 0.2) is 42.5 Å². The van der Waals surface area contributed by atoms with Crippen LogP contribution in [0.1, 0.15) is 24.2 Å². The van der Waals surface area contributed by atoms with Gasteiger partial charge in [0.15, 0.2) is 0 Å². The molecule has 19 heavy (non-hydrogen) atoms. The van der Waals surface area contributed by atoms with Crippen LogP contribution in [0.5, 0.6) is 5.75 Å². The van der Waals surface area contributed by atoms with Gasteiger partial charge in [-0.2, -0.15) is 0 Å². The minimum atomic E-state index is -0.708. The highest BCUT2D eigenvalue weighted by Gasteiger charge is 2.10. The standard InChI is InChI=1S/C15H14ClFO2/c1-10(18)14-7-6-13(17)8-15(14)19-9-11-2-4-12(16)5-3-11/h2-8,10,18H,9H2,1H3/t10-/m0/s1. The first kappa shape index (κ1) is 13.8. The summed E-state index contributed by atoms with van der Waals surface area (Å²) in [6.07, 6.45) is -0.708. The molecule has 0 spiro atoms. The zero-order chi connectivity index (χ0) is 13.8. The first-order valence-electron chi connectivity index (χ1n) is 5.91. The lowest BCUT2D eigenvalue weighted by molar-refractivity contribution is 0.190. The van der Waals surface area contributed by atoms with Crippen LogP contribution < -0.4 is 4.74 Å². The minimum Gasteiger partial charge on any atom is -0.488 e. The number of rotatable bonds is 4. The van der Waals surface area contributed by atoms with Crippen molar-refractivity contribution in [1.29, 1.82) is 0 Å². The second-order valence-electron chi connectivity index (χ2n) is 4.27. The Morgan fingerprint density at radius 1 is 1.21 bits per heavy atom. The maximum Gasteiger partial charge on any atom is 0.128 e. The average Bonchev–Trinajstić information content (AvgIpc) is 2.38. The number of hydrogen-bond donors (Lipinski definition) is 1. The van der Waals surface area contributed by atoms with Crippen molar-refractivity contribution < 1.29 is 14.2 Å². The van der Waals surface area contributed by atoms with E-state index < -0.39 is 11.9 Å². The molecular weight excluding hydrogens is 267 g/mol. The molecule has 2 rings (SSSR count). The van der Waals surface area contributed by atoms with Crippen molar-refractivity contribution in [3.05, 3.63) is 64.4 Å². The molecule has 2 nitrogen and oxygen atoms in total. The van der Waals surface area contributed by atoms with Crippen LogP contribution in [-0.4, -0.2) is 5.11 Å². The highest BCUT2D eigenvalue weighted by Crippen LogP contribution is 2.26. The van der Waals surface area contributed by atoms with Crippen LogP contribution in [0.3, 0.4) is 0 Å². The van der Waals surface area contributed by atoms with Gasteiger partial charge in [0.1, 0.15) is 18.2 Å². The predicted octanol–water partition coefficient (Wildman–Crippen LogP) is 4.11. The molecule has 0 aliphatic heterocycles. The van der Waals surface area contributed by atoms with Crippen LogP contribution in [0.2, 0.25) is 5.02 Å². The predicted molar refractivity (Wildman–Crippen MR) is 72.8 cm³/mol. The van der Waals surface area contributed by atoms with Gasteiger partial charge in [-0.25, -0.2) is 4.39 Å². The third kappa shape index (κ3) is 3.69. The molecule has 1 N–H and O–H groups in total. The maximum atomic E-state index is 13.2. The molecule has 0 radical (unpaired) electrons. The van der Waals surface area contributed by atoms with Crippen molar-refractivity contribution in [2.75, 3.05) is 0 Å². The molecule has 2 aromatic rings. The largest absolute Gasteiger partial charge is 0.488 e. The number of hydrogen-bond acceptors (Lipinski definition) is 2. The molecule has 0 bridgehead atoms. The molecule has 4 heteroatoms. The van der Waals surface area contributed by atoms with Crippen molar-refractivity contribution >= 4 is 11.6 Å². The minimum absolute atomic E-state index is 0.292. The van der Waals surface area contributed by atoms with Crippen molar-refractivity contribution in [3.8, 4) is 5.75 Å². The van der Waals surface area contributed by atoms with Crippen molar-refractivity contribution in [2.45, 2.75) is 19.6 Å². The van der Waals surface area contributed by atoms with E-state index in [1.165, 1.54) is 18.2 Å². The van der Waals surface area contributed by atoms with Crippen LogP contribution in [0, 0.1) is 5.82 Å². The van der Waals surface area contributed by atoms with Gasteiger partial charge in [-0.15, -0.1) is 0 Å². The van der Waals surface area contributed by atoms with Crippen LogP contribution >= 0.6 is 11.6 Å². The summed E-state index contributed by atoms with van der Waals surface area (Å²) in [4.78, 5) is 0. The first-order valence-corrected chi connectivity index (χ1v) is 6.29. The first-order chi connectivity index (χ1) is 9.06. The van der Waals surface area contributed by atoms with Crippen LogP contribution in [-0.2, 0) is 6.61 Å². The Kier molecular flexibility index (Phi) is 4.40. The van der Waals surface area contributed by atoms with Gasteiger partial charge < -0.3 is 9.84 Å². The van der Waals surface area contributed by atoms with E-state index in [0.717, 1.165) is 5.56 Å². The monoisotopic (exact) mass is 280 g/mol. The van der Waals surface area contributed by atoms with Gasteiger partial charge in [0.2, 0.25) is 0 Å². The Bertz CT molecular complexity index is 553. The Morgan fingerprint density at radius 3 is 2.53 bits per heavy atom. The number of halogens is 2. The quantitative estimate of drug-likeness (QED) is 0.913. The third-order valence-electron chi connectivity index (χ3n) is 2.73. The van der Waals surface area contributed by atoms with Gasteiger partial charge in [0, 0.05) is 16.7 Å². The second-order valence-corrected chi connectivity index (χ2v) is 4.71. The molecule has 0 unspecified atom stereocenters. The van der Waals surface area contributed by atoms with Crippen LogP contribution in [0.25, 0.3) is 0 Å². The molecule has 2 aromatic carbocycles. The molecule has 0 aliphatic rings. The fourth-order valence-electron chi connectivity index (χ4n) is 1.72. The fourth-order valence-corrected chi connectivity index (χ4v) is 1.85. The lowest BCUT2D eigenvalue weighted by Gasteiger charge is -2.13. The van der Waals surface area contributed by atoms with Gasteiger partial charge in [-0.05, 0) is 36.8 Å². The fraction of sp³-hybridized carbons (Fsp3) is 0.200. The molecular formula is C15H14ClFO2. The Labute approximate surface area is 116 Å². The summed E-state index contributed by atoms with van der Waals surface area (Å²) in [5.41, 5.74) is 1.49. The SMILES string of the molecule is C[C@H](O)c1ccc(F)cc1OCc1ccc(Cl)cc1. The van der Waals surface area contributed by atoms with E-state index in [-0.39, 0.29) is 0 Å². The second kappa shape index (κ2) is 6.04. The molecule has 0 aromatic heterocycles. The molecule has 0 saturated carbocycles. The Balaban J connectivity index is 2.14. The molecule has 1 atom stereocenters. The number of aliphatic hydroxyl groups excluding tert-OH is 1. The summed E-state index contributed by atoms with van der Waals surface area (Å²) in [6.45, 7) is 1.91. The van der Waals surface area contributed by atoms with Gasteiger partial charge in [-0.3, -0.25) is 0 Å². The molecule has 100 valence electrons. The van der Waals surface area contributed by atoms with Crippen LogP contribution in [0.4, 0.5) is 4.39 Å². The number of benzene rings is 2. The highest BCUT2D eigenvalue weighted by atomic mass is 35.5. The van der Waals surface area contributed by atoms with E-state index in [2.05, 4.69) is 0 Å². The summed E-state index contributed by atoms with van der Waals surface area (Å²) in [5.74, 6) is -0.0412. The van der Waals surface area contributed by atoms with E-state index in [1.807, 2.05) is 12.1 Å². The van der Waals surface area contributed by atoms with E-state index in [4.69, 9.17) is 16.3 Å². The summed E-state index contributed by atoms with van der Waals surface area (Å²) in [6, 6.07) is 11.3. The molecule has 0 fully saturated rings. The molecule has 0 aliphatic carbocycles. The molecule has 0 amide bonds. The van der Waals surface area contributed by atoms with Gasteiger partial charge >= 0.3 is 0 Å². The normalized spacial score (nSPS) is 12.2. The highest BCUT2D eigenvalue weighted by molar-refractivity contribution is 6.30. The lowest BCUT2D eigenvalue weighted by Crippen LogP contribution is -2.01. The smallest absolute Gasteiger partial charge is 0.128 e. The van der Waals surface area contributed by atoms with E-state index in [0.29, 0.717) is 22.9 Å². The van der Waals surface area contributed by atoms with Gasteiger partial charge in [-0.1, -0.05) is 23.7 Å². The average molecular weight is 281 g/mol. The van der Waals surface area contributed by atoms with Crippen molar-refractivity contribution in [2.24, 2.45) is 0 Å². The molecule has 0 saturated heterocycles. The van der Waals surface area contributed by atoms with Crippen molar-refractivity contribution in [1.82, 2.24) is 0 Å². The van der Waals surface area contributed by atoms with E-state index in [9.17, 15) is 9.50 Å². The topological polar surface area (TPSA) is 29.5 Å². The van der Waals surface area contributed by atoms with E-state index >= 15 is 0 Å². The third-order valence-corrected chi connectivity index (χ3v) is 2.99. The number of ether oxygens (including phenoxy) is 1. The number of aliphatic hydroxyl groups is 1. The summed E-state index contributed by atoms with van der Waals surface area (Å²) < 4.78 is 18.8. The summed E-state index contributed by atoms with van der Waals surface area (Å²) >= 11 is 5.79. The summed E-state index contributed by atoms with van der Waals surface area (Å²) in [5, 5.41) is 10.3. The lowest BCUT2D eigenvalue weighted by atomic mass is 10.1. The van der Waals surface area contributed by atoms with Gasteiger partial charge in [0.25, 0.3) is 0 Å².